The first-order valence-corrected chi connectivity index (χ1v) is 4.90. The Bertz CT molecular complexity index is 511. The number of halogens is 1. The van der Waals surface area contributed by atoms with Crippen molar-refractivity contribution in [3.05, 3.63) is 47.9 Å². The second kappa shape index (κ2) is 4.18. The number of nitrogen functional groups attached to an aromatic ring is 1. The molecule has 0 saturated heterocycles. The van der Waals surface area contributed by atoms with Gasteiger partial charge in [-0.3, -0.25) is 0 Å². The maximum atomic E-state index is 12.9. The first-order valence-electron chi connectivity index (χ1n) is 4.90. The lowest BCUT2D eigenvalue weighted by Crippen LogP contribution is -1.99. The van der Waals surface area contributed by atoms with Gasteiger partial charge in [-0.25, -0.2) is 9.37 Å². The summed E-state index contributed by atoms with van der Waals surface area (Å²) < 4.78 is 12.9. The zero-order valence-electron chi connectivity index (χ0n) is 8.87. The number of aromatic nitrogens is 1. The van der Waals surface area contributed by atoms with E-state index in [9.17, 15) is 4.39 Å². The molecule has 1 aromatic heterocycles. The number of pyridine rings is 1. The van der Waals surface area contributed by atoms with Gasteiger partial charge in [-0.05, 0) is 42.8 Å². The molecule has 0 radical (unpaired) electrons. The van der Waals surface area contributed by atoms with Crippen LogP contribution >= 0.6 is 0 Å². The molecule has 0 bridgehead atoms. The molecule has 0 amide bonds. The molecule has 0 fully saturated rings. The molecule has 0 aliphatic heterocycles. The van der Waals surface area contributed by atoms with Crippen LogP contribution in [0.5, 0.6) is 0 Å². The summed E-state index contributed by atoms with van der Waals surface area (Å²) in [6.45, 7) is 1.83. The van der Waals surface area contributed by atoms with Crippen molar-refractivity contribution >= 4 is 17.2 Å². The standard InChI is InChI=1S/C12H12FN3/c1-8-7-9(13)4-5-10(8)16-11-3-2-6-15-12(11)14/h2-7,16H,1H3,(H2,14,15). The van der Waals surface area contributed by atoms with Crippen molar-refractivity contribution in [1.82, 2.24) is 4.98 Å². The zero-order valence-corrected chi connectivity index (χ0v) is 8.87. The zero-order chi connectivity index (χ0) is 11.5. The largest absolute Gasteiger partial charge is 0.382 e. The molecule has 3 nitrogen and oxygen atoms in total. The van der Waals surface area contributed by atoms with E-state index in [0.29, 0.717) is 5.82 Å². The summed E-state index contributed by atoms with van der Waals surface area (Å²) in [6, 6.07) is 8.16. The van der Waals surface area contributed by atoms with Crippen LogP contribution in [0.25, 0.3) is 0 Å². The van der Waals surface area contributed by atoms with Gasteiger partial charge in [-0.1, -0.05) is 0 Å². The van der Waals surface area contributed by atoms with Gasteiger partial charge in [0.25, 0.3) is 0 Å². The van der Waals surface area contributed by atoms with E-state index in [-0.39, 0.29) is 5.82 Å². The van der Waals surface area contributed by atoms with Gasteiger partial charge in [0, 0.05) is 11.9 Å². The van der Waals surface area contributed by atoms with E-state index in [1.165, 1.54) is 12.1 Å². The average Bonchev–Trinajstić information content (AvgIpc) is 2.25. The highest BCUT2D eigenvalue weighted by Crippen LogP contribution is 2.23. The number of hydrogen-bond acceptors (Lipinski definition) is 3. The van der Waals surface area contributed by atoms with Gasteiger partial charge in [0.15, 0.2) is 0 Å². The first kappa shape index (κ1) is 10.4. The Kier molecular flexibility index (Phi) is 2.72. The predicted octanol–water partition coefficient (Wildman–Crippen LogP) is 2.85. The van der Waals surface area contributed by atoms with Crippen molar-refractivity contribution in [3.63, 3.8) is 0 Å². The van der Waals surface area contributed by atoms with Gasteiger partial charge >= 0.3 is 0 Å². The summed E-state index contributed by atoms with van der Waals surface area (Å²) in [7, 11) is 0. The molecular formula is C12H12FN3. The van der Waals surface area contributed by atoms with Crippen LogP contribution in [0.4, 0.5) is 21.6 Å². The molecule has 0 atom stereocenters. The minimum atomic E-state index is -0.248. The summed E-state index contributed by atoms with van der Waals surface area (Å²) in [6.07, 6.45) is 1.62. The van der Waals surface area contributed by atoms with Gasteiger partial charge in [-0.2, -0.15) is 0 Å². The second-order valence-corrected chi connectivity index (χ2v) is 3.52. The highest BCUT2D eigenvalue weighted by molar-refractivity contribution is 5.70. The number of anilines is 3. The Morgan fingerprint density at radius 3 is 2.75 bits per heavy atom. The molecule has 0 aliphatic rings. The Hall–Kier alpha value is -2.10. The van der Waals surface area contributed by atoms with E-state index in [1.54, 1.807) is 18.3 Å². The van der Waals surface area contributed by atoms with E-state index in [4.69, 9.17) is 5.73 Å². The Balaban J connectivity index is 2.31. The Morgan fingerprint density at radius 2 is 2.06 bits per heavy atom. The molecule has 0 saturated carbocycles. The van der Waals surface area contributed by atoms with Crippen LogP contribution in [0.2, 0.25) is 0 Å². The highest BCUT2D eigenvalue weighted by atomic mass is 19.1. The third kappa shape index (κ3) is 2.11. The SMILES string of the molecule is Cc1cc(F)ccc1Nc1cccnc1N. The number of nitrogens with zero attached hydrogens (tertiary/aromatic N) is 1. The lowest BCUT2D eigenvalue weighted by atomic mass is 10.2. The number of aryl methyl sites for hydroxylation is 1. The lowest BCUT2D eigenvalue weighted by molar-refractivity contribution is 0.627. The lowest BCUT2D eigenvalue weighted by Gasteiger charge is -2.10. The monoisotopic (exact) mass is 217 g/mol. The number of rotatable bonds is 2. The number of hydrogen-bond donors (Lipinski definition) is 2. The number of nitrogens with two attached hydrogens (primary N) is 1. The maximum absolute atomic E-state index is 12.9. The van der Waals surface area contributed by atoms with Gasteiger partial charge in [-0.15, -0.1) is 0 Å². The fraction of sp³-hybridized carbons (Fsp3) is 0.0833. The molecule has 2 aromatic rings. The molecular weight excluding hydrogens is 205 g/mol. The van der Waals surface area contributed by atoms with Crippen LogP contribution in [0, 0.1) is 12.7 Å². The van der Waals surface area contributed by atoms with Crippen LogP contribution in [0.15, 0.2) is 36.5 Å². The molecule has 16 heavy (non-hydrogen) atoms. The fourth-order valence-electron chi connectivity index (χ4n) is 1.44. The minimum absolute atomic E-state index is 0.248. The normalized spacial score (nSPS) is 10.1. The first-order chi connectivity index (χ1) is 7.66. The average molecular weight is 217 g/mol. The van der Waals surface area contributed by atoms with Crippen molar-refractivity contribution in [3.8, 4) is 0 Å². The van der Waals surface area contributed by atoms with Crippen molar-refractivity contribution in [2.24, 2.45) is 0 Å². The van der Waals surface area contributed by atoms with Crippen molar-refractivity contribution in [1.29, 1.82) is 0 Å². The van der Waals surface area contributed by atoms with Crippen molar-refractivity contribution in [2.45, 2.75) is 6.92 Å². The quantitative estimate of drug-likeness (QED) is 0.813. The van der Waals surface area contributed by atoms with E-state index >= 15 is 0 Å². The maximum Gasteiger partial charge on any atom is 0.147 e. The van der Waals surface area contributed by atoms with E-state index in [1.807, 2.05) is 13.0 Å². The predicted molar refractivity (Wildman–Crippen MR) is 63.1 cm³/mol. The Labute approximate surface area is 93.1 Å². The van der Waals surface area contributed by atoms with Gasteiger partial charge in [0.05, 0.1) is 5.69 Å². The van der Waals surface area contributed by atoms with Crippen molar-refractivity contribution in [2.75, 3.05) is 11.1 Å². The van der Waals surface area contributed by atoms with Crippen LogP contribution in [-0.4, -0.2) is 4.98 Å². The second-order valence-electron chi connectivity index (χ2n) is 3.52. The van der Waals surface area contributed by atoms with Crippen LogP contribution in [-0.2, 0) is 0 Å². The van der Waals surface area contributed by atoms with Crippen molar-refractivity contribution < 1.29 is 4.39 Å². The van der Waals surface area contributed by atoms with Gasteiger partial charge in [0.2, 0.25) is 0 Å². The topological polar surface area (TPSA) is 50.9 Å². The molecule has 0 spiro atoms. The summed E-state index contributed by atoms with van der Waals surface area (Å²) in [5.41, 5.74) is 8.06. The molecule has 0 aliphatic carbocycles. The van der Waals surface area contributed by atoms with Gasteiger partial charge < -0.3 is 11.1 Å². The van der Waals surface area contributed by atoms with E-state index < -0.39 is 0 Å². The smallest absolute Gasteiger partial charge is 0.147 e. The third-order valence-corrected chi connectivity index (χ3v) is 2.30. The molecule has 1 heterocycles. The third-order valence-electron chi connectivity index (χ3n) is 2.30. The van der Waals surface area contributed by atoms with Crippen LogP contribution in [0.1, 0.15) is 5.56 Å². The minimum Gasteiger partial charge on any atom is -0.382 e. The molecule has 3 N–H and O–H groups in total. The summed E-state index contributed by atoms with van der Waals surface area (Å²) in [4.78, 5) is 3.96. The molecule has 4 heteroatoms. The molecule has 0 unspecified atom stereocenters. The van der Waals surface area contributed by atoms with Crippen LogP contribution in [0.3, 0.4) is 0 Å². The van der Waals surface area contributed by atoms with Crippen LogP contribution < -0.4 is 11.1 Å². The number of benzene rings is 1. The summed E-state index contributed by atoms with van der Waals surface area (Å²) in [5.74, 6) is 0.174. The number of nitrogens with one attached hydrogen (secondary N) is 1. The molecule has 1 aromatic carbocycles. The molecule has 82 valence electrons. The summed E-state index contributed by atoms with van der Waals surface area (Å²) in [5, 5.41) is 3.11. The highest BCUT2D eigenvalue weighted by Gasteiger charge is 2.03. The summed E-state index contributed by atoms with van der Waals surface area (Å²) >= 11 is 0. The Morgan fingerprint density at radius 1 is 1.25 bits per heavy atom. The van der Waals surface area contributed by atoms with E-state index in [0.717, 1.165) is 16.9 Å². The fourth-order valence-corrected chi connectivity index (χ4v) is 1.44. The molecule has 2 rings (SSSR count). The van der Waals surface area contributed by atoms with Gasteiger partial charge in [0.1, 0.15) is 11.6 Å². The van der Waals surface area contributed by atoms with E-state index in [2.05, 4.69) is 10.3 Å².